The maximum absolute atomic E-state index is 13.9. The minimum atomic E-state index is -1.15. The average molecular weight is 516 g/mol. The van der Waals surface area contributed by atoms with Gasteiger partial charge in [-0.25, -0.2) is 0 Å². The molecule has 2 saturated carbocycles. The summed E-state index contributed by atoms with van der Waals surface area (Å²) in [6.45, 7) is 4.86. The third kappa shape index (κ3) is 4.57. The largest absolute Gasteiger partial charge is 0.497 e. The molecule has 37 heavy (non-hydrogen) atoms. The fraction of sp³-hybridized carbons (Fsp3) is 0.593. The number of hydrogen-bond donors (Lipinski definition) is 1. The van der Waals surface area contributed by atoms with Crippen molar-refractivity contribution >= 4 is 35.3 Å². The minimum Gasteiger partial charge on any atom is -0.497 e. The highest BCUT2D eigenvalue weighted by Gasteiger charge is 2.68. The Balaban J connectivity index is 1.69. The van der Waals surface area contributed by atoms with Crippen molar-refractivity contribution in [3.8, 4) is 5.75 Å². The summed E-state index contributed by atoms with van der Waals surface area (Å²) in [6, 6.07) is 6.77. The molecule has 1 N–H and O–H groups in total. The van der Waals surface area contributed by atoms with Crippen LogP contribution in [0.25, 0.3) is 0 Å². The lowest BCUT2D eigenvalue weighted by atomic mass is 9.43. The van der Waals surface area contributed by atoms with Gasteiger partial charge in [-0.15, -0.1) is 0 Å². The Morgan fingerprint density at radius 1 is 1.11 bits per heavy atom. The highest BCUT2D eigenvalue weighted by molar-refractivity contribution is 5.97. The number of amides is 1. The van der Waals surface area contributed by atoms with Crippen LogP contribution in [0.5, 0.6) is 5.75 Å². The summed E-state index contributed by atoms with van der Waals surface area (Å²) in [4.78, 5) is 65.0. The third-order valence-electron chi connectivity index (χ3n) is 8.53. The topological polar surface area (TPSA) is 134 Å². The first kappa shape index (κ1) is 26.6. The number of carbonyl (C=O) groups excluding carboxylic acids is 5. The van der Waals surface area contributed by atoms with E-state index < -0.39 is 64.6 Å². The van der Waals surface area contributed by atoms with Crippen molar-refractivity contribution in [1.82, 2.24) is 0 Å². The van der Waals surface area contributed by atoms with Gasteiger partial charge in [0.15, 0.2) is 18.0 Å². The first-order chi connectivity index (χ1) is 17.4. The van der Waals surface area contributed by atoms with Crippen LogP contribution in [0.1, 0.15) is 46.5 Å². The Hall–Kier alpha value is -3.43. The second-order valence-electron chi connectivity index (χ2n) is 10.7. The SMILES string of the molecule is COC(=O)[C@@H]1C[C@H](OC(C)=O)C(=O)[C@H]2[C@@]1(C)CC[C@H]1C(=O)O[C@H](C(=O)Nc3cccc(OC)c3)C[C@]21C. The Morgan fingerprint density at radius 2 is 1.84 bits per heavy atom. The summed E-state index contributed by atoms with van der Waals surface area (Å²) in [7, 11) is 2.79. The molecule has 0 aromatic heterocycles. The Bertz CT molecular complexity index is 1130. The lowest BCUT2D eigenvalue weighted by Crippen LogP contribution is -2.66. The molecule has 10 heteroatoms. The molecule has 3 aliphatic rings. The van der Waals surface area contributed by atoms with E-state index in [-0.39, 0.29) is 18.6 Å². The van der Waals surface area contributed by atoms with E-state index in [0.29, 0.717) is 24.3 Å². The molecule has 3 fully saturated rings. The number of ether oxygens (including phenoxy) is 4. The first-order valence-electron chi connectivity index (χ1n) is 12.4. The van der Waals surface area contributed by atoms with Crippen LogP contribution in [0.4, 0.5) is 5.69 Å². The Kier molecular flexibility index (Phi) is 7.05. The van der Waals surface area contributed by atoms with E-state index in [2.05, 4.69) is 5.32 Å². The maximum Gasteiger partial charge on any atom is 0.310 e. The number of esters is 3. The van der Waals surface area contributed by atoms with Gasteiger partial charge in [0.2, 0.25) is 0 Å². The predicted molar refractivity (Wildman–Crippen MR) is 129 cm³/mol. The maximum atomic E-state index is 13.9. The van der Waals surface area contributed by atoms with Crippen LogP contribution in [0.15, 0.2) is 24.3 Å². The summed E-state index contributed by atoms with van der Waals surface area (Å²) in [6.07, 6.45) is -1.40. The Labute approximate surface area is 215 Å². The number of carbonyl (C=O) groups is 5. The third-order valence-corrected chi connectivity index (χ3v) is 8.53. The fourth-order valence-electron chi connectivity index (χ4n) is 6.89. The molecule has 1 aliphatic heterocycles. The van der Waals surface area contributed by atoms with Gasteiger partial charge in [-0.3, -0.25) is 24.0 Å². The molecule has 200 valence electrons. The number of anilines is 1. The number of cyclic esters (lactones) is 1. The molecule has 10 nitrogen and oxygen atoms in total. The molecule has 4 rings (SSSR count). The van der Waals surface area contributed by atoms with Gasteiger partial charge >= 0.3 is 17.9 Å². The summed E-state index contributed by atoms with van der Waals surface area (Å²) in [5, 5.41) is 2.76. The molecule has 1 aromatic carbocycles. The molecule has 2 aliphatic carbocycles. The van der Waals surface area contributed by atoms with Crippen LogP contribution in [0, 0.1) is 28.6 Å². The highest BCUT2D eigenvalue weighted by Crippen LogP contribution is 2.64. The monoisotopic (exact) mass is 515 g/mol. The van der Waals surface area contributed by atoms with Crippen molar-refractivity contribution < 1.29 is 42.9 Å². The summed E-state index contributed by atoms with van der Waals surface area (Å²) < 4.78 is 21.2. The van der Waals surface area contributed by atoms with Crippen molar-refractivity contribution in [2.75, 3.05) is 19.5 Å². The average Bonchev–Trinajstić information content (AvgIpc) is 2.84. The van der Waals surface area contributed by atoms with E-state index in [0.717, 1.165) is 0 Å². The second-order valence-corrected chi connectivity index (χ2v) is 10.7. The first-order valence-corrected chi connectivity index (χ1v) is 12.4. The number of Topliss-reactive ketones (excluding diaryl/α,β-unsaturated/α-hetero) is 1. The minimum absolute atomic E-state index is 0.0169. The van der Waals surface area contributed by atoms with Gasteiger partial charge in [0, 0.05) is 37.4 Å². The molecule has 7 atom stereocenters. The fourth-order valence-corrected chi connectivity index (χ4v) is 6.89. The summed E-state index contributed by atoms with van der Waals surface area (Å²) >= 11 is 0. The highest BCUT2D eigenvalue weighted by atomic mass is 16.6. The van der Waals surface area contributed by atoms with Gasteiger partial charge in [-0.05, 0) is 35.8 Å². The van der Waals surface area contributed by atoms with Crippen molar-refractivity contribution in [1.29, 1.82) is 0 Å². The number of rotatable bonds is 5. The normalized spacial score (nSPS) is 34.8. The van der Waals surface area contributed by atoms with Gasteiger partial charge in [0.25, 0.3) is 5.91 Å². The van der Waals surface area contributed by atoms with Crippen molar-refractivity contribution in [2.24, 2.45) is 28.6 Å². The van der Waals surface area contributed by atoms with E-state index in [1.54, 1.807) is 31.2 Å². The van der Waals surface area contributed by atoms with Gasteiger partial charge in [0.1, 0.15) is 5.75 Å². The van der Waals surface area contributed by atoms with E-state index in [9.17, 15) is 24.0 Å². The van der Waals surface area contributed by atoms with Gasteiger partial charge < -0.3 is 24.3 Å². The second kappa shape index (κ2) is 9.79. The van der Waals surface area contributed by atoms with Crippen LogP contribution in [-0.4, -0.2) is 56.0 Å². The van der Waals surface area contributed by atoms with Crippen LogP contribution < -0.4 is 10.1 Å². The number of benzene rings is 1. The molecular formula is C27H33NO9. The van der Waals surface area contributed by atoms with E-state index in [4.69, 9.17) is 18.9 Å². The molecule has 0 radical (unpaired) electrons. The number of ketones is 1. The zero-order chi connectivity index (χ0) is 27.1. The van der Waals surface area contributed by atoms with Crippen LogP contribution >= 0.6 is 0 Å². The van der Waals surface area contributed by atoms with Gasteiger partial charge in [-0.2, -0.15) is 0 Å². The molecule has 1 heterocycles. The quantitative estimate of drug-likeness (QED) is 0.464. The van der Waals surface area contributed by atoms with E-state index >= 15 is 0 Å². The van der Waals surface area contributed by atoms with E-state index in [1.807, 2.05) is 6.92 Å². The summed E-state index contributed by atoms with van der Waals surface area (Å²) in [5.74, 6) is -4.21. The van der Waals surface area contributed by atoms with E-state index in [1.165, 1.54) is 21.1 Å². The predicted octanol–water partition coefficient (Wildman–Crippen LogP) is 2.68. The van der Waals surface area contributed by atoms with Crippen LogP contribution in [-0.2, 0) is 38.2 Å². The molecule has 1 aromatic rings. The van der Waals surface area contributed by atoms with Crippen molar-refractivity contribution in [2.45, 2.75) is 58.7 Å². The van der Waals surface area contributed by atoms with Crippen molar-refractivity contribution in [3.05, 3.63) is 24.3 Å². The molecule has 0 bridgehead atoms. The summed E-state index contributed by atoms with van der Waals surface area (Å²) in [5.41, 5.74) is -1.39. The molecule has 0 spiro atoms. The number of methoxy groups -OCH3 is 2. The lowest BCUT2D eigenvalue weighted by Gasteiger charge is -2.60. The van der Waals surface area contributed by atoms with Crippen molar-refractivity contribution in [3.63, 3.8) is 0 Å². The Morgan fingerprint density at radius 3 is 2.49 bits per heavy atom. The van der Waals surface area contributed by atoms with Gasteiger partial charge in [-0.1, -0.05) is 19.9 Å². The molecular weight excluding hydrogens is 482 g/mol. The van der Waals surface area contributed by atoms with Crippen LogP contribution in [0.3, 0.4) is 0 Å². The zero-order valence-electron chi connectivity index (χ0n) is 21.7. The molecule has 0 unspecified atom stereocenters. The molecule has 1 saturated heterocycles. The number of hydrogen-bond acceptors (Lipinski definition) is 9. The van der Waals surface area contributed by atoms with Crippen LogP contribution in [0.2, 0.25) is 0 Å². The number of fused-ring (bicyclic) bond motifs is 3. The number of nitrogens with one attached hydrogen (secondary N) is 1. The zero-order valence-corrected chi connectivity index (χ0v) is 21.7. The molecule has 1 amide bonds. The lowest BCUT2D eigenvalue weighted by molar-refractivity contribution is -0.209. The smallest absolute Gasteiger partial charge is 0.310 e. The van der Waals surface area contributed by atoms with Gasteiger partial charge in [0.05, 0.1) is 26.1 Å². The standard InChI is InChI=1S/C27H33NO9/c1-14(29)36-19-12-18(24(32)35-5)26(2)10-9-17-25(33)37-20(13-27(17,3)22(26)21(19)30)23(31)28-15-7-6-8-16(11-15)34-4/h6-8,11,17-20,22H,9-10,12-13H2,1-5H3,(H,28,31)/t17-,18-,19-,20-,22-,26-,27-/m0/s1.